The van der Waals surface area contributed by atoms with E-state index in [2.05, 4.69) is 17.6 Å². The van der Waals surface area contributed by atoms with E-state index in [0.29, 0.717) is 18.5 Å². The minimum absolute atomic E-state index is 0.261. The molecule has 0 bridgehead atoms. The predicted molar refractivity (Wildman–Crippen MR) is 79.1 cm³/mol. The molecule has 0 aromatic carbocycles. The standard InChI is InChI=1S/C16H30N2O/c1-2-3-5-13-7-9-14(10-8-13)18-16(19)12-15-6-4-11-17-15/h13-15,17H,2-12H2,1H3,(H,18,19). The van der Waals surface area contributed by atoms with Crippen LogP contribution in [0.4, 0.5) is 0 Å². The molecule has 3 heteroatoms. The van der Waals surface area contributed by atoms with Gasteiger partial charge in [-0.2, -0.15) is 0 Å². The van der Waals surface area contributed by atoms with Crippen LogP contribution in [0.3, 0.4) is 0 Å². The summed E-state index contributed by atoms with van der Waals surface area (Å²) < 4.78 is 0. The van der Waals surface area contributed by atoms with Gasteiger partial charge in [0.05, 0.1) is 0 Å². The second-order valence-electron chi connectivity index (χ2n) is 6.42. The fourth-order valence-corrected chi connectivity index (χ4v) is 3.53. The summed E-state index contributed by atoms with van der Waals surface area (Å²) in [5.41, 5.74) is 0. The van der Waals surface area contributed by atoms with Gasteiger partial charge in [-0.1, -0.05) is 26.2 Å². The van der Waals surface area contributed by atoms with Crippen LogP contribution in [-0.4, -0.2) is 24.5 Å². The van der Waals surface area contributed by atoms with Crippen LogP contribution in [0.1, 0.15) is 71.1 Å². The quantitative estimate of drug-likeness (QED) is 0.776. The summed E-state index contributed by atoms with van der Waals surface area (Å²) >= 11 is 0. The van der Waals surface area contributed by atoms with Crippen LogP contribution in [0.2, 0.25) is 0 Å². The largest absolute Gasteiger partial charge is 0.353 e. The van der Waals surface area contributed by atoms with Crippen molar-refractivity contribution in [3.05, 3.63) is 0 Å². The molecule has 1 aliphatic heterocycles. The summed E-state index contributed by atoms with van der Waals surface area (Å²) in [6.07, 6.45) is 12.1. The summed E-state index contributed by atoms with van der Waals surface area (Å²) in [4.78, 5) is 12.0. The van der Waals surface area contributed by atoms with Gasteiger partial charge < -0.3 is 10.6 Å². The van der Waals surface area contributed by atoms with Crippen LogP contribution in [0.15, 0.2) is 0 Å². The Balaban J connectivity index is 1.60. The molecule has 0 aromatic rings. The lowest BCUT2D eigenvalue weighted by Gasteiger charge is -2.29. The molecule has 2 rings (SSSR count). The normalized spacial score (nSPS) is 31.3. The Kier molecular flexibility index (Phi) is 6.15. The van der Waals surface area contributed by atoms with Gasteiger partial charge in [0.15, 0.2) is 0 Å². The average Bonchev–Trinajstić information content (AvgIpc) is 2.90. The number of hydrogen-bond donors (Lipinski definition) is 2. The van der Waals surface area contributed by atoms with E-state index in [-0.39, 0.29) is 5.91 Å². The highest BCUT2D eigenvalue weighted by molar-refractivity contribution is 5.76. The second kappa shape index (κ2) is 7.88. The molecule has 0 spiro atoms. The molecule has 19 heavy (non-hydrogen) atoms. The molecule has 1 unspecified atom stereocenters. The van der Waals surface area contributed by atoms with Crippen LogP contribution in [0, 0.1) is 5.92 Å². The monoisotopic (exact) mass is 266 g/mol. The summed E-state index contributed by atoms with van der Waals surface area (Å²) in [6.45, 7) is 3.35. The van der Waals surface area contributed by atoms with E-state index in [1.807, 2.05) is 0 Å². The minimum atomic E-state index is 0.261. The molecule has 1 atom stereocenters. The molecule has 1 heterocycles. The van der Waals surface area contributed by atoms with E-state index in [0.717, 1.165) is 18.9 Å². The summed E-state index contributed by atoms with van der Waals surface area (Å²) in [5.74, 6) is 1.18. The first-order valence-electron chi connectivity index (χ1n) is 8.30. The number of carbonyl (C=O) groups excluding carboxylic acids is 1. The molecule has 1 saturated heterocycles. The third-order valence-corrected chi connectivity index (χ3v) is 4.77. The zero-order chi connectivity index (χ0) is 13.5. The zero-order valence-corrected chi connectivity index (χ0v) is 12.4. The maximum atomic E-state index is 12.0. The summed E-state index contributed by atoms with van der Waals surface area (Å²) in [6, 6.07) is 0.882. The van der Waals surface area contributed by atoms with Crippen molar-refractivity contribution in [3.8, 4) is 0 Å². The maximum Gasteiger partial charge on any atom is 0.221 e. The van der Waals surface area contributed by atoms with Gasteiger partial charge in [0, 0.05) is 18.5 Å². The minimum Gasteiger partial charge on any atom is -0.353 e. The van der Waals surface area contributed by atoms with E-state index < -0.39 is 0 Å². The molecule has 1 saturated carbocycles. The molecule has 2 fully saturated rings. The van der Waals surface area contributed by atoms with E-state index in [1.165, 1.54) is 51.4 Å². The lowest BCUT2D eigenvalue weighted by molar-refractivity contribution is -0.122. The van der Waals surface area contributed by atoms with Crippen LogP contribution < -0.4 is 10.6 Å². The molecule has 1 amide bonds. The number of nitrogens with one attached hydrogen (secondary N) is 2. The summed E-state index contributed by atoms with van der Waals surface area (Å²) in [5, 5.41) is 6.64. The van der Waals surface area contributed by atoms with E-state index >= 15 is 0 Å². The van der Waals surface area contributed by atoms with Gasteiger partial charge in [-0.15, -0.1) is 0 Å². The van der Waals surface area contributed by atoms with E-state index in [1.54, 1.807) is 0 Å². The Morgan fingerprint density at radius 1 is 1.21 bits per heavy atom. The van der Waals surface area contributed by atoms with Gasteiger partial charge >= 0.3 is 0 Å². The smallest absolute Gasteiger partial charge is 0.221 e. The highest BCUT2D eigenvalue weighted by Gasteiger charge is 2.23. The third-order valence-electron chi connectivity index (χ3n) is 4.77. The van der Waals surface area contributed by atoms with Crippen molar-refractivity contribution in [2.45, 2.75) is 83.2 Å². The molecule has 2 aliphatic rings. The number of hydrogen-bond acceptors (Lipinski definition) is 2. The first-order valence-corrected chi connectivity index (χ1v) is 8.30. The van der Waals surface area contributed by atoms with Gasteiger partial charge in [0.1, 0.15) is 0 Å². The second-order valence-corrected chi connectivity index (χ2v) is 6.42. The van der Waals surface area contributed by atoms with E-state index in [9.17, 15) is 4.79 Å². The van der Waals surface area contributed by atoms with Crippen molar-refractivity contribution in [2.75, 3.05) is 6.54 Å². The van der Waals surface area contributed by atoms with Crippen LogP contribution in [0.25, 0.3) is 0 Å². The molecule has 1 aliphatic carbocycles. The Labute approximate surface area is 117 Å². The van der Waals surface area contributed by atoms with Gasteiger partial charge in [-0.25, -0.2) is 0 Å². The Bertz CT molecular complexity index is 266. The molecule has 2 N–H and O–H groups in total. The third kappa shape index (κ3) is 5.13. The number of amides is 1. The number of rotatable bonds is 6. The van der Waals surface area contributed by atoms with Crippen molar-refractivity contribution < 1.29 is 4.79 Å². The van der Waals surface area contributed by atoms with Crippen LogP contribution >= 0.6 is 0 Å². The fraction of sp³-hybridized carbons (Fsp3) is 0.938. The van der Waals surface area contributed by atoms with Crippen molar-refractivity contribution in [1.82, 2.24) is 10.6 Å². The lowest BCUT2D eigenvalue weighted by Crippen LogP contribution is -2.40. The Morgan fingerprint density at radius 2 is 2.00 bits per heavy atom. The van der Waals surface area contributed by atoms with Crippen LogP contribution in [-0.2, 0) is 4.79 Å². The molecule has 0 aromatic heterocycles. The molecule has 3 nitrogen and oxygen atoms in total. The topological polar surface area (TPSA) is 41.1 Å². The van der Waals surface area contributed by atoms with Crippen molar-refractivity contribution in [3.63, 3.8) is 0 Å². The number of unbranched alkanes of at least 4 members (excludes halogenated alkanes) is 1. The predicted octanol–water partition coefficient (Wildman–Crippen LogP) is 2.99. The molecular formula is C16H30N2O. The SMILES string of the molecule is CCCCC1CCC(NC(=O)CC2CCCN2)CC1. The fourth-order valence-electron chi connectivity index (χ4n) is 3.53. The lowest BCUT2D eigenvalue weighted by atomic mass is 9.83. The Morgan fingerprint density at radius 3 is 2.63 bits per heavy atom. The van der Waals surface area contributed by atoms with Crippen LogP contribution in [0.5, 0.6) is 0 Å². The van der Waals surface area contributed by atoms with Gasteiger partial charge in [-0.3, -0.25) is 4.79 Å². The molecule has 0 radical (unpaired) electrons. The van der Waals surface area contributed by atoms with Gasteiger partial charge in [-0.05, 0) is 51.0 Å². The van der Waals surface area contributed by atoms with Gasteiger partial charge in [0.2, 0.25) is 5.91 Å². The molecule has 110 valence electrons. The zero-order valence-electron chi connectivity index (χ0n) is 12.4. The highest BCUT2D eigenvalue weighted by atomic mass is 16.1. The Hall–Kier alpha value is -0.570. The van der Waals surface area contributed by atoms with Crippen molar-refractivity contribution in [1.29, 1.82) is 0 Å². The number of carbonyl (C=O) groups is 1. The first-order chi connectivity index (χ1) is 9.28. The maximum absolute atomic E-state index is 12.0. The van der Waals surface area contributed by atoms with Gasteiger partial charge in [0.25, 0.3) is 0 Å². The van der Waals surface area contributed by atoms with Crippen molar-refractivity contribution in [2.24, 2.45) is 5.92 Å². The first kappa shape index (κ1) is 14.8. The average molecular weight is 266 g/mol. The highest BCUT2D eigenvalue weighted by Crippen LogP contribution is 2.28. The van der Waals surface area contributed by atoms with Crippen molar-refractivity contribution >= 4 is 5.91 Å². The van der Waals surface area contributed by atoms with E-state index in [4.69, 9.17) is 0 Å². The summed E-state index contributed by atoms with van der Waals surface area (Å²) in [7, 11) is 0. The molecular weight excluding hydrogens is 236 g/mol.